The van der Waals surface area contributed by atoms with Gasteiger partial charge in [0.05, 0.1) is 12.6 Å². The van der Waals surface area contributed by atoms with Gasteiger partial charge < -0.3 is 14.8 Å². The highest BCUT2D eigenvalue weighted by Gasteiger charge is 2.41. The first-order valence-electron chi connectivity index (χ1n) is 7.65. The van der Waals surface area contributed by atoms with Gasteiger partial charge in [-0.15, -0.1) is 0 Å². The lowest BCUT2D eigenvalue weighted by Gasteiger charge is -2.27. The van der Waals surface area contributed by atoms with Crippen LogP contribution in [0.25, 0.3) is 0 Å². The standard InChI is InChI=1S/C16H22BrN3O4/c1-16(2,3)24-15(22)20-9-10(23-4)8-11(20)14(21)19-13-7-5-6-12(17)18-13/h5-7,10-11H,8-9H2,1-4H3,(H,18,19,21)/t10-,11-/m1/s1. The number of halogens is 1. The van der Waals surface area contributed by atoms with Gasteiger partial charge in [0, 0.05) is 13.5 Å². The molecule has 1 saturated heterocycles. The van der Waals surface area contributed by atoms with Crippen molar-refractivity contribution in [3.63, 3.8) is 0 Å². The Morgan fingerprint density at radius 3 is 2.67 bits per heavy atom. The van der Waals surface area contributed by atoms with Gasteiger partial charge in [-0.25, -0.2) is 9.78 Å². The lowest BCUT2D eigenvalue weighted by Crippen LogP contribution is -2.45. The van der Waals surface area contributed by atoms with E-state index in [1.807, 2.05) is 0 Å². The Hall–Kier alpha value is -1.67. The summed E-state index contributed by atoms with van der Waals surface area (Å²) in [6.45, 7) is 5.68. The number of hydrogen-bond donors (Lipinski definition) is 1. The molecule has 0 radical (unpaired) electrons. The zero-order valence-electron chi connectivity index (χ0n) is 14.2. The number of amides is 2. The monoisotopic (exact) mass is 399 g/mol. The number of methoxy groups -OCH3 is 1. The number of hydrogen-bond acceptors (Lipinski definition) is 5. The van der Waals surface area contributed by atoms with Gasteiger partial charge in [0.1, 0.15) is 22.1 Å². The molecule has 1 aromatic rings. The first-order chi connectivity index (χ1) is 11.2. The van der Waals surface area contributed by atoms with E-state index in [4.69, 9.17) is 9.47 Å². The van der Waals surface area contributed by atoms with Crippen LogP contribution in [0.3, 0.4) is 0 Å². The van der Waals surface area contributed by atoms with Crippen LogP contribution in [0, 0.1) is 0 Å². The molecule has 0 spiro atoms. The van der Waals surface area contributed by atoms with Crippen LogP contribution in [0.5, 0.6) is 0 Å². The quantitative estimate of drug-likeness (QED) is 0.790. The zero-order chi connectivity index (χ0) is 17.9. The summed E-state index contributed by atoms with van der Waals surface area (Å²) in [6.07, 6.45) is -0.316. The molecular weight excluding hydrogens is 378 g/mol. The normalized spacial score (nSPS) is 20.8. The molecule has 24 heavy (non-hydrogen) atoms. The van der Waals surface area contributed by atoms with Gasteiger partial charge in [-0.2, -0.15) is 0 Å². The summed E-state index contributed by atoms with van der Waals surface area (Å²) in [6, 6.07) is 4.55. The van der Waals surface area contributed by atoms with Gasteiger partial charge in [0.2, 0.25) is 5.91 Å². The van der Waals surface area contributed by atoms with Crippen LogP contribution in [-0.4, -0.2) is 53.3 Å². The third-order valence-electron chi connectivity index (χ3n) is 3.49. The van der Waals surface area contributed by atoms with E-state index >= 15 is 0 Å². The van der Waals surface area contributed by atoms with Crippen LogP contribution in [0.4, 0.5) is 10.6 Å². The second-order valence-corrected chi connectivity index (χ2v) is 7.39. The SMILES string of the molecule is CO[C@@H]1C[C@H](C(=O)Nc2cccc(Br)n2)N(C(=O)OC(C)(C)C)C1. The average molecular weight is 400 g/mol. The number of pyridine rings is 1. The number of rotatable bonds is 3. The van der Waals surface area contributed by atoms with Crippen LogP contribution in [0.2, 0.25) is 0 Å². The number of nitrogens with zero attached hydrogens (tertiary/aromatic N) is 2. The Morgan fingerprint density at radius 1 is 1.38 bits per heavy atom. The number of likely N-dealkylation sites (tertiary alicyclic amines) is 1. The van der Waals surface area contributed by atoms with Gasteiger partial charge in [-0.1, -0.05) is 6.07 Å². The van der Waals surface area contributed by atoms with Gasteiger partial charge >= 0.3 is 6.09 Å². The van der Waals surface area contributed by atoms with Crippen molar-refractivity contribution in [2.75, 3.05) is 19.0 Å². The van der Waals surface area contributed by atoms with Crippen molar-refractivity contribution in [3.05, 3.63) is 22.8 Å². The highest BCUT2D eigenvalue weighted by Crippen LogP contribution is 2.24. The predicted octanol–water partition coefficient (Wildman–Crippen LogP) is 2.81. The highest BCUT2D eigenvalue weighted by atomic mass is 79.9. The maximum atomic E-state index is 12.6. The Labute approximate surface area is 149 Å². The molecule has 0 saturated carbocycles. The minimum atomic E-state index is -0.661. The maximum absolute atomic E-state index is 12.6. The summed E-state index contributed by atoms with van der Waals surface area (Å²) >= 11 is 3.26. The van der Waals surface area contributed by atoms with Crippen molar-refractivity contribution < 1.29 is 19.1 Å². The molecular formula is C16H22BrN3O4. The number of carbonyl (C=O) groups is 2. The second-order valence-electron chi connectivity index (χ2n) is 6.58. The molecule has 7 nitrogen and oxygen atoms in total. The zero-order valence-corrected chi connectivity index (χ0v) is 15.8. The van der Waals surface area contributed by atoms with Gasteiger partial charge in [0.15, 0.2) is 0 Å². The number of nitrogens with one attached hydrogen (secondary N) is 1. The summed E-state index contributed by atoms with van der Waals surface area (Å²) in [5.74, 6) is 0.102. The molecule has 2 heterocycles. The molecule has 0 aliphatic carbocycles. The van der Waals surface area contributed by atoms with E-state index in [0.29, 0.717) is 23.4 Å². The van der Waals surface area contributed by atoms with Gasteiger partial charge in [-0.05, 0) is 48.8 Å². The molecule has 1 fully saturated rings. The minimum Gasteiger partial charge on any atom is -0.444 e. The van der Waals surface area contributed by atoms with E-state index in [1.165, 1.54) is 4.90 Å². The number of anilines is 1. The first kappa shape index (κ1) is 18.7. The van der Waals surface area contributed by atoms with Crippen LogP contribution < -0.4 is 5.32 Å². The third-order valence-corrected chi connectivity index (χ3v) is 3.93. The van der Waals surface area contributed by atoms with E-state index in [1.54, 1.807) is 46.1 Å². The average Bonchev–Trinajstić information content (AvgIpc) is 2.90. The van der Waals surface area contributed by atoms with E-state index in [0.717, 1.165) is 0 Å². The lowest BCUT2D eigenvalue weighted by atomic mass is 10.2. The Kier molecular flexibility index (Phi) is 5.82. The van der Waals surface area contributed by atoms with Crippen LogP contribution in [0.1, 0.15) is 27.2 Å². The summed E-state index contributed by atoms with van der Waals surface area (Å²) < 4.78 is 11.3. The summed E-state index contributed by atoms with van der Waals surface area (Å²) in [5, 5.41) is 2.73. The highest BCUT2D eigenvalue weighted by molar-refractivity contribution is 9.10. The van der Waals surface area contributed by atoms with Crippen molar-refractivity contribution in [2.45, 2.75) is 44.9 Å². The third kappa shape index (κ3) is 4.91. The maximum Gasteiger partial charge on any atom is 0.411 e. The van der Waals surface area contributed by atoms with E-state index < -0.39 is 17.7 Å². The van der Waals surface area contributed by atoms with E-state index in [-0.39, 0.29) is 12.0 Å². The first-order valence-corrected chi connectivity index (χ1v) is 8.45. The molecule has 2 atom stereocenters. The predicted molar refractivity (Wildman–Crippen MR) is 92.7 cm³/mol. The molecule has 2 rings (SSSR count). The molecule has 0 bridgehead atoms. The van der Waals surface area contributed by atoms with Crippen molar-refractivity contribution >= 4 is 33.7 Å². The van der Waals surface area contributed by atoms with Crippen molar-refractivity contribution in [1.82, 2.24) is 9.88 Å². The van der Waals surface area contributed by atoms with E-state index in [2.05, 4.69) is 26.2 Å². The largest absolute Gasteiger partial charge is 0.444 e. The summed E-state index contributed by atoms with van der Waals surface area (Å²) in [7, 11) is 1.56. The number of carbonyl (C=O) groups excluding carboxylic acids is 2. The molecule has 1 aromatic heterocycles. The fourth-order valence-corrected chi connectivity index (χ4v) is 2.77. The molecule has 1 aliphatic rings. The smallest absolute Gasteiger partial charge is 0.411 e. The van der Waals surface area contributed by atoms with E-state index in [9.17, 15) is 9.59 Å². The topological polar surface area (TPSA) is 80.8 Å². The van der Waals surface area contributed by atoms with Crippen molar-refractivity contribution in [1.29, 1.82) is 0 Å². The molecule has 0 aromatic carbocycles. The molecule has 2 amide bonds. The Balaban J connectivity index is 2.12. The molecule has 1 N–H and O–H groups in total. The fraction of sp³-hybridized carbons (Fsp3) is 0.562. The Morgan fingerprint density at radius 2 is 2.08 bits per heavy atom. The minimum absolute atomic E-state index is 0.205. The molecule has 8 heteroatoms. The van der Waals surface area contributed by atoms with Crippen molar-refractivity contribution in [2.24, 2.45) is 0 Å². The van der Waals surface area contributed by atoms with Gasteiger partial charge in [-0.3, -0.25) is 9.69 Å². The molecule has 132 valence electrons. The van der Waals surface area contributed by atoms with Crippen LogP contribution >= 0.6 is 15.9 Å². The van der Waals surface area contributed by atoms with Crippen LogP contribution in [0.15, 0.2) is 22.8 Å². The second kappa shape index (κ2) is 7.48. The van der Waals surface area contributed by atoms with Gasteiger partial charge in [0.25, 0.3) is 0 Å². The number of aromatic nitrogens is 1. The lowest BCUT2D eigenvalue weighted by molar-refractivity contribution is -0.120. The summed E-state index contributed by atoms with van der Waals surface area (Å²) in [5.41, 5.74) is -0.630. The molecule has 0 unspecified atom stereocenters. The fourth-order valence-electron chi connectivity index (χ4n) is 2.43. The Bertz CT molecular complexity index is 618. The summed E-state index contributed by atoms with van der Waals surface area (Å²) in [4.78, 5) is 30.6. The number of ether oxygens (including phenoxy) is 2. The van der Waals surface area contributed by atoms with Crippen molar-refractivity contribution in [3.8, 4) is 0 Å². The molecule has 1 aliphatic heterocycles. The van der Waals surface area contributed by atoms with Crippen LogP contribution in [-0.2, 0) is 14.3 Å².